The molecule has 2 saturated heterocycles. The molecule has 3 aromatic rings. The average molecular weight is 596 g/mol. The second kappa shape index (κ2) is 10.2. The quantitative estimate of drug-likeness (QED) is 0.322. The van der Waals surface area contributed by atoms with E-state index in [4.69, 9.17) is 0 Å². The minimum absolute atomic E-state index is 0.0402. The van der Waals surface area contributed by atoms with Crippen molar-refractivity contribution in [1.29, 1.82) is 0 Å². The maximum absolute atomic E-state index is 14.0. The summed E-state index contributed by atoms with van der Waals surface area (Å²) in [5.41, 5.74) is -1.85. The molecule has 2 atom stereocenters. The number of hydrogen-bond donors (Lipinski definition) is 2. The summed E-state index contributed by atoms with van der Waals surface area (Å²) in [6.07, 6.45) is -8.06. The lowest BCUT2D eigenvalue weighted by molar-refractivity contribution is -0.143. The molecule has 1 amide bonds. The molecule has 2 unspecified atom stereocenters. The number of alkyl halides is 6. The van der Waals surface area contributed by atoms with E-state index < -0.39 is 35.8 Å². The van der Waals surface area contributed by atoms with E-state index in [1.54, 1.807) is 18.2 Å². The van der Waals surface area contributed by atoms with E-state index in [0.717, 1.165) is 24.2 Å². The van der Waals surface area contributed by atoms with E-state index in [1.807, 2.05) is 4.90 Å². The van der Waals surface area contributed by atoms with Gasteiger partial charge >= 0.3 is 12.4 Å². The van der Waals surface area contributed by atoms with Crippen LogP contribution in [0.15, 0.2) is 52.5 Å². The van der Waals surface area contributed by atoms with Crippen molar-refractivity contribution in [2.45, 2.75) is 37.3 Å². The molecule has 41 heavy (non-hydrogen) atoms. The van der Waals surface area contributed by atoms with Gasteiger partial charge in [-0.2, -0.15) is 36.4 Å². The molecule has 6 rings (SSSR count). The number of aromatic amines is 1. The predicted molar refractivity (Wildman–Crippen MR) is 141 cm³/mol. The summed E-state index contributed by atoms with van der Waals surface area (Å²) >= 11 is 1.07. The molecule has 7 nitrogen and oxygen atoms in total. The number of likely N-dealkylation sites (tertiary alicyclic amines) is 2. The van der Waals surface area contributed by atoms with Crippen molar-refractivity contribution in [3.05, 3.63) is 69.8 Å². The molecule has 0 aliphatic carbocycles. The topological polar surface area (TPSA) is 84.8 Å². The number of fused-ring (bicyclic) bond motifs is 3. The van der Waals surface area contributed by atoms with Crippen LogP contribution in [0.5, 0.6) is 0 Å². The summed E-state index contributed by atoms with van der Waals surface area (Å²) < 4.78 is 81.9. The molecule has 2 bridgehead atoms. The molecular formula is C27H23F6N5O2S. The average Bonchev–Trinajstić information content (AvgIpc) is 3.70. The lowest BCUT2D eigenvalue weighted by atomic mass is 9.92. The smallest absolute Gasteiger partial charge is 0.395 e. The zero-order valence-corrected chi connectivity index (χ0v) is 22.1. The molecule has 4 heterocycles. The fraction of sp³-hybridized carbons (Fsp3) is 0.370. The van der Waals surface area contributed by atoms with Crippen molar-refractivity contribution in [1.82, 2.24) is 20.0 Å². The maximum Gasteiger partial charge on any atom is 0.416 e. The molecule has 0 spiro atoms. The van der Waals surface area contributed by atoms with Gasteiger partial charge in [0.15, 0.2) is 5.17 Å². The number of thioether (sulfide) groups is 1. The molecule has 3 aliphatic heterocycles. The van der Waals surface area contributed by atoms with E-state index >= 15 is 0 Å². The van der Waals surface area contributed by atoms with E-state index in [-0.39, 0.29) is 40.8 Å². The number of halogens is 6. The van der Waals surface area contributed by atoms with Gasteiger partial charge < -0.3 is 10.0 Å². The van der Waals surface area contributed by atoms with Crippen LogP contribution in [-0.2, 0) is 23.6 Å². The number of aliphatic imine (C=N–C) groups is 1. The van der Waals surface area contributed by atoms with Crippen molar-refractivity contribution in [2.24, 2.45) is 4.99 Å². The molecule has 0 radical (unpaired) electrons. The monoisotopic (exact) mass is 595 g/mol. The Morgan fingerprint density at radius 2 is 1.85 bits per heavy atom. The zero-order valence-electron chi connectivity index (χ0n) is 21.3. The predicted octanol–water partition coefficient (Wildman–Crippen LogP) is 4.93. The fourth-order valence-corrected chi connectivity index (χ4v) is 6.90. The van der Waals surface area contributed by atoms with Gasteiger partial charge in [-0.3, -0.25) is 14.8 Å². The summed E-state index contributed by atoms with van der Waals surface area (Å²) in [5.74, 6) is -0.609. The Hall–Kier alpha value is -3.36. The van der Waals surface area contributed by atoms with Crippen LogP contribution in [0.2, 0.25) is 0 Å². The van der Waals surface area contributed by atoms with Crippen molar-refractivity contribution in [3.8, 4) is 0 Å². The van der Waals surface area contributed by atoms with Gasteiger partial charge in [-0.1, -0.05) is 12.1 Å². The molecule has 216 valence electrons. The van der Waals surface area contributed by atoms with Gasteiger partial charge in [0.1, 0.15) is 0 Å². The SMILES string of the molecule is O=C1N=C(N2CC3CC2CN3CCO)SC1=C(Cc1ccc(C(F)(F)F)cc1C(F)(F)F)c1ccc2[nH]ncc2c1. The van der Waals surface area contributed by atoms with Gasteiger partial charge in [-0.15, -0.1) is 0 Å². The van der Waals surface area contributed by atoms with E-state index in [9.17, 15) is 36.2 Å². The summed E-state index contributed by atoms with van der Waals surface area (Å²) in [6, 6.07) is 6.83. The number of nitrogens with zero attached hydrogens (tertiary/aromatic N) is 4. The van der Waals surface area contributed by atoms with Crippen molar-refractivity contribution >= 4 is 39.3 Å². The number of rotatable bonds is 5. The molecule has 2 N–H and O–H groups in total. The zero-order chi connectivity index (χ0) is 29.1. The van der Waals surface area contributed by atoms with Crippen LogP contribution in [0.25, 0.3) is 16.5 Å². The maximum atomic E-state index is 14.0. The van der Waals surface area contributed by atoms with Gasteiger partial charge in [0.05, 0.1) is 34.4 Å². The molecule has 2 aromatic carbocycles. The Labute approximate surface area is 233 Å². The number of H-pyrrole nitrogens is 1. The minimum atomic E-state index is -5.05. The first-order valence-corrected chi connectivity index (χ1v) is 13.6. The van der Waals surface area contributed by atoms with Crippen LogP contribution < -0.4 is 0 Å². The van der Waals surface area contributed by atoms with Crippen LogP contribution >= 0.6 is 11.8 Å². The van der Waals surface area contributed by atoms with Gasteiger partial charge in [-0.05, 0) is 65.6 Å². The number of carbonyl (C=O) groups is 1. The molecule has 2 fully saturated rings. The van der Waals surface area contributed by atoms with Crippen LogP contribution in [0.4, 0.5) is 26.3 Å². The van der Waals surface area contributed by atoms with Crippen LogP contribution in [0.3, 0.4) is 0 Å². The number of benzene rings is 2. The molecule has 0 saturated carbocycles. The summed E-state index contributed by atoms with van der Waals surface area (Å²) in [5, 5.41) is 17.2. The minimum Gasteiger partial charge on any atom is -0.395 e. The van der Waals surface area contributed by atoms with E-state index in [1.165, 1.54) is 6.20 Å². The summed E-state index contributed by atoms with van der Waals surface area (Å²) in [4.78, 5) is 21.8. The second-order valence-corrected chi connectivity index (χ2v) is 11.2. The highest BCUT2D eigenvalue weighted by molar-refractivity contribution is 8.18. The largest absolute Gasteiger partial charge is 0.416 e. The summed E-state index contributed by atoms with van der Waals surface area (Å²) in [7, 11) is 0. The Morgan fingerprint density at radius 3 is 2.54 bits per heavy atom. The first kappa shape index (κ1) is 27.8. The number of aliphatic hydroxyl groups is 1. The normalized spacial score (nSPS) is 22.8. The highest BCUT2D eigenvalue weighted by Crippen LogP contribution is 2.43. The van der Waals surface area contributed by atoms with Crippen molar-refractivity contribution in [2.75, 3.05) is 26.2 Å². The standard InChI is InChI=1S/C27H23F6N5O2S/c28-26(29,30)17-3-1-15(21(9-17)27(31,32)33)8-20(14-2-4-22-16(7-14)11-34-36-22)23-24(40)35-25(41-23)38-13-18-10-19(38)12-37(18)5-6-39/h1-4,7,9,11,18-19,39H,5-6,8,10,12-13H2,(H,34,36). The summed E-state index contributed by atoms with van der Waals surface area (Å²) in [6.45, 7) is 1.89. The number of hydrogen-bond acceptors (Lipinski definition) is 6. The van der Waals surface area contributed by atoms with E-state index in [2.05, 4.69) is 20.1 Å². The van der Waals surface area contributed by atoms with Crippen LogP contribution in [0, 0.1) is 0 Å². The number of aliphatic hydroxyl groups excluding tert-OH is 1. The first-order chi connectivity index (χ1) is 19.4. The van der Waals surface area contributed by atoms with E-state index in [0.29, 0.717) is 47.3 Å². The number of amidine groups is 1. The lowest BCUT2D eigenvalue weighted by Crippen LogP contribution is -2.48. The molecular weight excluding hydrogens is 572 g/mol. The third-order valence-electron chi connectivity index (χ3n) is 7.74. The number of piperazine rings is 1. The second-order valence-electron chi connectivity index (χ2n) is 10.2. The third kappa shape index (κ3) is 5.24. The number of carbonyl (C=O) groups excluding carboxylic acids is 1. The van der Waals surface area contributed by atoms with Crippen molar-refractivity contribution < 1.29 is 36.2 Å². The Morgan fingerprint density at radius 1 is 1.05 bits per heavy atom. The van der Waals surface area contributed by atoms with Gasteiger partial charge in [0.2, 0.25) is 0 Å². The van der Waals surface area contributed by atoms with Crippen LogP contribution in [-0.4, -0.2) is 74.5 Å². The number of β-amino-alcohol motifs (C(OH)–C–C–N with tert-alkyl or cyclic N) is 1. The number of nitrogens with one attached hydrogen (secondary N) is 1. The fourth-order valence-electron chi connectivity index (χ4n) is 5.80. The molecule has 14 heteroatoms. The van der Waals surface area contributed by atoms with Gasteiger partial charge in [0, 0.05) is 37.1 Å². The Kier molecular flexibility index (Phi) is 6.90. The van der Waals surface area contributed by atoms with Gasteiger partial charge in [-0.25, -0.2) is 0 Å². The Bertz CT molecular complexity index is 1580. The van der Waals surface area contributed by atoms with Crippen LogP contribution in [0.1, 0.15) is 28.7 Å². The molecule has 1 aromatic heterocycles. The van der Waals surface area contributed by atoms with Crippen molar-refractivity contribution in [3.63, 3.8) is 0 Å². The molecule has 3 aliphatic rings. The highest BCUT2D eigenvalue weighted by atomic mass is 32.2. The Balaban J connectivity index is 1.39. The third-order valence-corrected chi connectivity index (χ3v) is 8.88. The number of aromatic nitrogens is 2. The van der Waals surface area contributed by atoms with Gasteiger partial charge in [0.25, 0.3) is 5.91 Å². The lowest BCUT2D eigenvalue weighted by Gasteiger charge is -2.34. The first-order valence-electron chi connectivity index (χ1n) is 12.8. The number of allylic oxidation sites excluding steroid dienone is 1. The number of amides is 1. The highest BCUT2D eigenvalue weighted by Gasteiger charge is 2.46.